The third-order valence-corrected chi connectivity index (χ3v) is 6.54. The second-order valence-electron chi connectivity index (χ2n) is 8.87. The van der Waals surface area contributed by atoms with Crippen molar-refractivity contribution in [1.82, 2.24) is 0 Å². The van der Waals surface area contributed by atoms with Gasteiger partial charge >= 0.3 is 0 Å². The Labute approximate surface area is 219 Å². The molecule has 1 atom stereocenters. The second kappa shape index (κ2) is 9.67. The average Bonchev–Trinajstić information content (AvgIpc) is 3.43. The number of benzene rings is 3. The van der Waals surface area contributed by atoms with Gasteiger partial charge in [0.25, 0.3) is 5.91 Å². The van der Waals surface area contributed by atoms with Crippen molar-refractivity contribution in [3.05, 3.63) is 100 Å². The lowest BCUT2D eigenvalue weighted by Crippen LogP contribution is -2.31. The number of nitrogens with zero attached hydrogens (tertiary/aromatic N) is 2. The van der Waals surface area contributed by atoms with Crippen LogP contribution in [0.2, 0.25) is 5.02 Å². The lowest BCUT2D eigenvalue weighted by Gasteiger charge is -2.27. The van der Waals surface area contributed by atoms with Gasteiger partial charge in [0, 0.05) is 35.9 Å². The molecule has 5 rings (SSSR count). The number of fused-ring (bicyclic) bond motifs is 1. The molecule has 0 aliphatic carbocycles. The molecular formula is C29H25ClN2O5. The Hall–Kier alpha value is -4.23. The zero-order valence-corrected chi connectivity index (χ0v) is 21.3. The maximum Gasteiger partial charge on any atom is 0.294 e. The third kappa shape index (κ3) is 4.42. The topological polar surface area (TPSA) is 83.2 Å². The summed E-state index contributed by atoms with van der Waals surface area (Å²) in [6, 6.07) is 20.2. The van der Waals surface area contributed by atoms with E-state index in [1.54, 1.807) is 60.7 Å². The van der Waals surface area contributed by atoms with Crippen molar-refractivity contribution in [1.29, 1.82) is 0 Å². The van der Waals surface area contributed by atoms with Gasteiger partial charge in [-0.15, -0.1) is 0 Å². The SMILES string of the molecule is CCOc1ccc(C2C(C(=O)c3cc4cc(Cl)ccc4o3)=C(O)C(=O)N2c2ccc(N(C)C)cc2)cc1. The van der Waals surface area contributed by atoms with Crippen LogP contribution in [0.25, 0.3) is 11.0 Å². The van der Waals surface area contributed by atoms with Crippen LogP contribution in [-0.2, 0) is 4.79 Å². The van der Waals surface area contributed by atoms with E-state index in [0.717, 1.165) is 5.69 Å². The fourth-order valence-electron chi connectivity index (χ4n) is 4.50. The van der Waals surface area contributed by atoms with Crippen LogP contribution in [0, 0.1) is 0 Å². The average molecular weight is 517 g/mol. The van der Waals surface area contributed by atoms with Crippen molar-refractivity contribution in [2.75, 3.05) is 30.5 Å². The van der Waals surface area contributed by atoms with E-state index in [1.807, 2.05) is 38.1 Å². The quantitative estimate of drug-likeness (QED) is 0.289. The number of rotatable bonds is 7. The van der Waals surface area contributed by atoms with Crippen molar-refractivity contribution >= 4 is 45.6 Å². The zero-order valence-electron chi connectivity index (χ0n) is 20.6. The van der Waals surface area contributed by atoms with Gasteiger partial charge < -0.3 is 19.2 Å². The first-order chi connectivity index (χ1) is 17.8. The number of amides is 1. The molecular weight excluding hydrogens is 492 g/mol. The molecule has 8 heteroatoms. The first-order valence-corrected chi connectivity index (χ1v) is 12.2. The molecule has 0 radical (unpaired) electrons. The summed E-state index contributed by atoms with van der Waals surface area (Å²) in [5, 5.41) is 12.2. The Balaban J connectivity index is 1.61. The van der Waals surface area contributed by atoms with Gasteiger partial charge in [-0.25, -0.2) is 0 Å². The number of ketones is 1. The molecule has 0 fully saturated rings. The molecule has 37 heavy (non-hydrogen) atoms. The number of furan rings is 1. The molecule has 7 nitrogen and oxygen atoms in total. The summed E-state index contributed by atoms with van der Waals surface area (Å²) in [6.07, 6.45) is 0. The minimum Gasteiger partial charge on any atom is -0.503 e. The molecule has 0 spiro atoms. The molecule has 1 aliphatic heterocycles. The third-order valence-electron chi connectivity index (χ3n) is 6.31. The van der Waals surface area contributed by atoms with E-state index in [-0.39, 0.29) is 11.3 Å². The second-order valence-corrected chi connectivity index (χ2v) is 9.31. The van der Waals surface area contributed by atoms with Gasteiger partial charge in [0.2, 0.25) is 5.78 Å². The number of ether oxygens (including phenoxy) is 1. The molecule has 4 aromatic rings. The molecule has 1 aliphatic rings. The van der Waals surface area contributed by atoms with Crippen LogP contribution in [0.3, 0.4) is 0 Å². The summed E-state index contributed by atoms with van der Waals surface area (Å²) in [4.78, 5) is 30.6. The van der Waals surface area contributed by atoms with Gasteiger partial charge in [0.05, 0.1) is 18.2 Å². The maximum atomic E-state index is 13.8. The fraction of sp³-hybridized carbons (Fsp3) is 0.172. The largest absolute Gasteiger partial charge is 0.503 e. The first-order valence-electron chi connectivity index (χ1n) is 11.8. The van der Waals surface area contributed by atoms with E-state index < -0.39 is 23.5 Å². The summed E-state index contributed by atoms with van der Waals surface area (Å²) in [5.41, 5.74) is 2.55. The monoisotopic (exact) mass is 516 g/mol. The number of hydrogen-bond donors (Lipinski definition) is 1. The number of anilines is 2. The Morgan fingerprint density at radius 2 is 1.76 bits per heavy atom. The summed E-state index contributed by atoms with van der Waals surface area (Å²) < 4.78 is 11.4. The highest BCUT2D eigenvalue weighted by Crippen LogP contribution is 2.43. The Morgan fingerprint density at radius 3 is 2.41 bits per heavy atom. The Kier molecular flexibility index (Phi) is 6.39. The predicted octanol–water partition coefficient (Wildman–Crippen LogP) is 6.33. The number of carbonyl (C=O) groups is 2. The number of carbonyl (C=O) groups excluding carboxylic acids is 2. The number of aliphatic hydroxyl groups excluding tert-OH is 1. The van der Waals surface area contributed by atoms with Crippen LogP contribution in [0.1, 0.15) is 29.1 Å². The minimum atomic E-state index is -0.877. The summed E-state index contributed by atoms with van der Waals surface area (Å²) in [7, 11) is 3.84. The minimum absolute atomic E-state index is 0.00681. The van der Waals surface area contributed by atoms with Gasteiger partial charge in [0.15, 0.2) is 11.5 Å². The summed E-state index contributed by atoms with van der Waals surface area (Å²) in [5.74, 6) is -1.19. The van der Waals surface area contributed by atoms with Crippen LogP contribution < -0.4 is 14.5 Å². The first kappa shape index (κ1) is 24.5. The number of aliphatic hydroxyl groups is 1. The van der Waals surface area contributed by atoms with Crippen LogP contribution in [0.4, 0.5) is 11.4 Å². The number of Topliss-reactive ketones (excluding diaryl/α,β-unsaturated/α-hetero) is 1. The van der Waals surface area contributed by atoms with E-state index in [2.05, 4.69) is 0 Å². The Bertz CT molecular complexity index is 1520. The zero-order chi connectivity index (χ0) is 26.3. The van der Waals surface area contributed by atoms with Crippen LogP contribution in [0.5, 0.6) is 5.75 Å². The standard InChI is InChI=1S/C29H25ClN2O5/c1-4-36-22-12-5-17(6-13-22)26-25(27(33)24-16-18-15-19(30)7-14-23(18)37-24)28(34)29(35)32(26)21-10-8-20(9-11-21)31(2)3/h5-16,26,34H,4H2,1-3H3. The van der Waals surface area contributed by atoms with E-state index in [0.29, 0.717) is 39.6 Å². The highest BCUT2D eigenvalue weighted by atomic mass is 35.5. The van der Waals surface area contributed by atoms with Crippen LogP contribution >= 0.6 is 11.6 Å². The van der Waals surface area contributed by atoms with Gasteiger partial charge in [-0.1, -0.05) is 23.7 Å². The Morgan fingerprint density at radius 1 is 1.05 bits per heavy atom. The predicted molar refractivity (Wildman–Crippen MR) is 144 cm³/mol. The van der Waals surface area contributed by atoms with Gasteiger partial charge in [-0.05, 0) is 73.2 Å². The smallest absolute Gasteiger partial charge is 0.294 e. The fourth-order valence-corrected chi connectivity index (χ4v) is 4.68. The molecule has 2 heterocycles. The molecule has 1 aromatic heterocycles. The van der Waals surface area contributed by atoms with Gasteiger partial charge in [0.1, 0.15) is 11.3 Å². The molecule has 0 bridgehead atoms. The normalized spacial score (nSPS) is 15.5. The lowest BCUT2D eigenvalue weighted by atomic mass is 9.94. The summed E-state index contributed by atoms with van der Waals surface area (Å²) >= 11 is 6.09. The molecule has 0 saturated heterocycles. The maximum absolute atomic E-state index is 13.8. The van der Waals surface area contributed by atoms with Crippen molar-refractivity contribution in [2.45, 2.75) is 13.0 Å². The van der Waals surface area contributed by atoms with E-state index in [1.165, 1.54) is 4.90 Å². The molecule has 0 saturated carbocycles. The molecule has 1 unspecified atom stereocenters. The van der Waals surface area contributed by atoms with Gasteiger partial charge in [-0.2, -0.15) is 0 Å². The molecule has 188 valence electrons. The molecule has 3 aromatic carbocycles. The van der Waals surface area contributed by atoms with E-state index in [4.69, 9.17) is 20.8 Å². The molecule has 1 amide bonds. The van der Waals surface area contributed by atoms with Gasteiger partial charge in [-0.3, -0.25) is 14.5 Å². The highest BCUT2D eigenvalue weighted by Gasteiger charge is 2.45. The van der Waals surface area contributed by atoms with Crippen molar-refractivity contribution < 1.29 is 23.8 Å². The van der Waals surface area contributed by atoms with Crippen molar-refractivity contribution in [3.63, 3.8) is 0 Å². The summed E-state index contributed by atoms with van der Waals surface area (Å²) in [6.45, 7) is 2.40. The highest BCUT2D eigenvalue weighted by molar-refractivity contribution is 6.31. The van der Waals surface area contributed by atoms with Crippen molar-refractivity contribution in [2.24, 2.45) is 0 Å². The van der Waals surface area contributed by atoms with E-state index in [9.17, 15) is 14.7 Å². The van der Waals surface area contributed by atoms with Crippen molar-refractivity contribution in [3.8, 4) is 5.75 Å². The number of halogens is 1. The van der Waals surface area contributed by atoms with Crippen LogP contribution in [0.15, 0.2) is 88.5 Å². The molecule has 1 N–H and O–H groups in total. The van der Waals surface area contributed by atoms with Crippen LogP contribution in [-0.4, -0.2) is 37.5 Å². The number of hydrogen-bond acceptors (Lipinski definition) is 6. The van der Waals surface area contributed by atoms with E-state index >= 15 is 0 Å². The lowest BCUT2D eigenvalue weighted by molar-refractivity contribution is -0.117.